The zero-order valence-corrected chi connectivity index (χ0v) is 17.8. The van der Waals surface area contributed by atoms with Crippen molar-refractivity contribution in [2.75, 3.05) is 12.0 Å². The largest absolute Gasteiger partial charge is 0.513 e. The van der Waals surface area contributed by atoms with Gasteiger partial charge in [0.25, 0.3) is 0 Å². The van der Waals surface area contributed by atoms with E-state index < -0.39 is 29.6 Å². The molecule has 0 fully saturated rings. The Morgan fingerprint density at radius 3 is 2.53 bits per heavy atom. The number of aromatic amines is 1. The molecule has 1 N–H and O–H groups in total. The van der Waals surface area contributed by atoms with Crippen LogP contribution < -0.4 is 10.6 Å². The van der Waals surface area contributed by atoms with Gasteiger partial charge in [0.05, 0.1) is 30.0 Å². The van der Waals surface area contributed by atoms with E-state index in [0.29, 0.717) is 11.1 Å². The number of ether oxygens (including phenoxy) is 2. The highest BCUT2D eigenvalue weighted by molar-refractivity contribution is 5.69. The van der Waals surface area contributed by atoms with Crippen molar-refractivity contribution in [1.82, 2.24) is 14.8 Å². The summed E-state index contributed by atoms with van der Waals surface area (Å²) in [6, 6.07) is 11.6. The fourth-order valence-corrected chi connectivity index (χ4v) is 3.69. The lowest BCUT2D eigenvalue weighted by molar-refractivity contribution is -0.137. The number of nitriles is 1. The lowest BCUT2D eigenvalue weighted by Gasteiger charge is -2.35. The fourth-order valence-electron chi connectivity index (χ4n) is 3.69. The highest BCUT2D eigenvalue weighted by atomic mass is 19.4. The van der Waals surface area contributed by atoms with E-state index in [2.05, 4.69) is 14.9 Å². The fraction of sp³-hybridized carbons (Fsp3) is 0.182. The number of benzene rings is 2. The third-order valence-corrected chi connectivity index (χ3v) is 5.23. The summed E-state index contributed by atoms with van der Waals surface area (Å²) in [5.41, 5.74) is -0.541. The van der Waals surface area contributed by atoms with Crippen LogP contribution in [0.1, 0.15) is 29.7 Å². The summed E-state index contributed by atoms with van der Waals surface area (Å²) in [4.78, 5) is 26.1. The molecule has 34 heavy (non-hydrogen) atoms. The Labute approximate surface area is 190 Å². The first-order chi connectivity index (χ1) is 16.2. The van der Waals surface area contributed by atoms with Gasteiger partial charge in [-0.3, -0.25) is 4.90 Å². The van der Waals surface area contributed by atoms with Gasteiger partial charge in [-0.05, 0) is 42.8 Å². The van der Waals surface area contributed by atoms with Crippen LogP contribution in [0.5, 0.6) is 0 Å². The predicted molar refractivity (Wildman–Crippen MR) is 112 cm³/mol. The number of nitrogens with zero attached hydrogens (tertiary/aromatic N) is 4. The molecule has 0 saturated carbocycles. The van der Waals surface area contributed by atoms with Gasteiger partial charge in [-0.25, -0.2) is 19.3 Å². The Morgan fingerprint density at radius 2 is 1.91 bits per heavy atom. The monoisotopic (exact) mass is 471 g/mol. The number of nitrogens with one attached hydrogen (secondary N) is 1. The number of carbonyl (C=O) groups excluding carboxylic acids is 1. The van der Waals surface area contributed by atoms with Gasteiger partial charge in [0.15, 0.2) is 5.76 Å². The summed E-state index contributed by atoms with van der Waals surface area (Å²) >= 11 is 0. The number of H-pyrrole nitrogens is 1. The van der Waals surface area contributed by atoms with E-state index in [9.17, 15) is 22.8 Å². The van der Waals surface area contributed by atoms with Crippen LogP contribution in [0.2, 0.25) is 0 Å². The van der Waals surface area contributed by atoms with E-state index in [1.807, 2.05) is 6.07 Å². The summed E-state index contributed by atoms with van der Waals surface area (Å²) in [6.45, 7) is 1.51. The Balaban J connectivity index is 1.96. The number of hydrogen-bond donors (Lipinski definition) is 1. The van der Waals surface area contributed by atoms with Crippen molar-refractivity contribution < 1.29 is 27.4 Å². The Bertz CT molecular complexity index is 1380. The quantitative estimate of drug-likeness (QED) is 0.569. The molecule has 4 rings (SSSR count). The van der Waals surface area contributed by atoms with Gasteiger partial charge in [-0.15, -0.1) is 5.10 Å². The van der Waals surface area contributed by atoms with Crippen LogP contribution in [0.25, 0.3) is 0 Å². The zero-order chi connectivity index (χ0) is 24.6. The molecule has 0 aliphatic carbocycles. The van der Waals surface area contributed by atoms with Gasteiger partial charge in [0, 0.05) is 5.69 Å². The molecule has 1 unspecified atom stereocenters. The van der Waals surface area contributed by atoms with Crippen molar-refractivity contribution in [2.45, 2.75) is 19.1 Å². The second-order valence-corrected chi connectivity index (χ2v) is 7.22. The average Bonchev–Trinajstić information content (AvgIpc) is 3.19. The Hall–Kier alpha value is -4.53. The molecule has 174 valence electrons. The van der Waals surface area contributed by atoms with Crippen molar-refractivity contribution >= 4 is 17.8 Å². The second kappa shape index (κ2) is 8.43. The van der Waals surface area contributed by atoms with Gasteiger partial charge in [0.1, 0.15) is 6.04 Å². The molecule has 1 aliphatic rings. The highest BCUT2D eigenvalue weighted by Gasteiger charge is 2.39. The van der Waals surface area contributed by atoms with Gasteiger partial charge in [0.2, 0.25) is 5.95 Å². The minimum absolute atomic E-state index is 0.0200. The third kappa shape index (κ3) is 3.88. The van der Waals surface area contributed by atoms with Gasteiger partial charge in [-0.2, -0.15) is 18.4 Å². The minimum Gasteiger partial charge on any atom is -0.437 e. The molecular weight excluding hydrogens is 455 g/mol. The molecule has 3 aromatic rings. The van der Waals surface area contributed by atoms with E-state index in [1.165, 1.54) is 36.1 Å². The van der Waals surface area contributed by atoms with Crippen molar-refractivity contribution in [3.63, 3.8) is 0 Å². The van der Waals surface area contributed by atoms with Gasteiger partial charge in [-0.1, -0.05) is 18.2 Å². The number of methoxy groups -OCH3 is 1. The maximum absolute atomic E-state index is 13.4. The highest BCUT2D eigenvalue weighted by Crippen LogP contribution is 2.42. The van der Waals surface area contributed by atoms with Crippen LogP contribution in [0.4, 0.5) is 29.6 Å². The van der Waals surface area contributed by atoms with Crippen LogP contribution in [-0.4, -0.2) is 28.0 Å². The summed E-state index contributed by atoms with van der Waals surface area (Å²) in [7, 11) is 1.10. The van der Waals surface area contributed by atoms with Crippen LogP contribution in [0.3, 0.4) is 0 Å². The standard InChI is InChI=1S/C22H16F3N5O4/c1-12-18(34-21(32)33-2)17(14-8-6-13(11-26)7-9-14)30-19(27-28-20(30)31)29(12)16-5-3-4-15(10-16)22(23,24)25/h3-10,17H,1-2H3,(H,28,31). The molecule has 9 nitrogen and oxygen atoms in total. The van der Waals surface area contributed by atoms with Crippen LogP contribution >= 0.6 is 0 Å². The summed E-state index contributed by atoms with van der Waals surface area (Å²) in [5.74, 6) is -0.0848. The number of anilines is 2. The molecule has 2 aromatic carbocycles. The molecule has 1 atom stereocenters. The molecule has 0 bridgehead atoms. The van der Waals surface area contributed by atoms with Crippen molar-refractivity contribution in [1.29, 1.82) is 5.26 Å². The molecule has 0 spiro atoms. The Kier molecular flexibility index (Phi) is 5.62. The first-order valence-electron chi connectivity index (χ1n) is 9.76. The van der Waals surface area contributed by atoms with Crippen molar-refractivity contribution in [2.24, 2.45) is 0 Å². The number of allylic oxidation sites excluding steroid dienone is 2. The smallest absolute Gasteiger partial charge is 0.437 e. The van der Waals surface area contributed by atoms with E-state index in [4.69, 9.17) is 10.00 Å². The molecule has 0 radical (unpaired) electrons. The number of rotatable bonds is 3. The number of hydrogen-bond acceptors (Lipinski definition) is 7. The van der Waals surface area contributed by atoms with Crippen LogP contribution in [0.15, 0.2) is 64.8 Å². The van der Waals surface area contributed by atoms with Crippen molar-refractivity contribution in [3.8, 4) is 6.07 Å². The molecule has 12 heteroatoms. The molecule has 0 amide bonds. The minimum atomic E-state index is -4.61. The summed E-state index contributed by atoms with van der Waals surface area (Å²) in [5, 5.41) is 15.4. The van der Waals surface area contributed by atoms with E-state index in [1.54, 1.807) is 12.1 Å². The first-order valence-corrected chi connectivity index (χ1v) is 9.76. The molecule has 2 heterocycles. The number of aromatic nitrogens is 3. The van der Waals surface area contributed by atoms with Gasteiger partial charge < -0.3 is 9.47 Å². The predicted octanol–water partition coefficient (Wildman–Crippen LogP) is 4.22. The van der Waals surface area contributed by atoms with E-state index in [0.717, 1.165) is 23.8 Å². The number of carbonyl (C=O) groups is 1. The SMILES string of the molecule is COC(=O)OC1=C(C)N(c2cccc(C(F)(F)F)c2)c2n[nH]c(=O)n2C1c1ccc(C#N)cc1. The first kappa shape index (κ1) is 22.7. The zero-order valence-electron chi connectivity index (χ0n) is 17.8. The summed E-state index contributed by atoms with van der Waals surface area (Å²) in [6.07, 6.45) is -5.69. The molecule has 1 aromatic heterocycles. The van der Waals surface area contributed by atoms with E-state index >= 15 is 0 Å². The van der Waals surface area contributed by atoms with E-state index in [-0.39, 0.29) is 23.1 Å². The number of alkyl halides is 3. The number of fused-ring (bicyclic) bond motifs is 1. The Morgan fingerprint density at radius 1 is 1.21 bits per heavy atom. The normalized spacial score (nSPS) is 15.5. The topological polar surface area (TPSA) is 113 Å². The maximum Gasteiger partial charge on any atom is 0.513 e. The number of halogens is 3. The molecular formula is C22H16F3N5O4. The average molecular weight is 471 g/mol. The third-order valence-electron chi connectivity index (χ3n) is 5.23. The maximum atomic E-state index is 13.4. The molecule has 0 saturated heterocycles. The van der Waals surface area contributed by atoms with Crippen molar-refractivity contribution in [3.05, 3.63) is 87.2 Å². The van der Waals surface area contributed by atoms with Crippen LogP contribution in [0, 0.1) is 11.3 Å². The lowest BCUT2D eigenvalue weighted by Crippen LogP contribution is -2.36. The van der Waals surface area contributed by atoms with Gasteiger partial charge >= 0.3 is 18.0 Å². The second-order valence-electron chi connectivity index (χ2n) is 7.22. The molecule has 1 aliphatic heterocycles. The van der Waals surface area contributed by atoms with Crippen LogP contribution in [-0.2, 0) is 15.7 Å². The summed E-state index contributed by atoms with van der Waals surface area (Å²) < 4.78 is 51.2. The lowest BCUT2D eigenvalue weighted by atomic mass is 10.00.